The van der Waals surface area contributed by atoms with Gasteiger partial charge in [0.1, 0.15) is 24.5 Å². The molecule has 0 spiro atoms. The minimum absolute atomic E-state index is 0.528. The maximum atomic E-state index is 11.5. The van der Waals surface area contributed by atoms with Crippen LogP contribution in [-0.4, -0.2) is 61.8 Å². The van der Waals surface area contributed by atoms with Gasteiger partial charge in [-0.25, -0.2) is 15.0 Å². The Hall–Kier alpha value is -3.56. The molecule has 1 fully saturated rings. The van der Waals surface area contributed by atoms with E-state index in [0.29, 0.717) is 24.9 Å². The van der Waals surface area contributed by atoms with Crippen LogP contribution in [-0.2, 0) is 17.4 Å². The highest BCUT2D eigenvalue weighted by atomic mass is 32.2. The zero-order valence-electron chi connectivity index (χ0n) is 20.7. The Bertz CT molecular complexity index is 1310. The summed E-state index contributed by atoms with van der Waals surface area (Å²) in [7, 11) is -0.626. The predicted octanol–water partition coefficient (Wildman–Crippen LogP) is 4.57. The van der Waals surface area contributed by atoms with Crippen LogP contribution >= 0.6 is 0 Å². The second kappa shape index (κ2) is 12.6. The SMILES string of the molecule is O=S1CCN(CCCCOc2cc3c(Nc4ccc(OCc5ccccc5)cc4)ncnc3cn2)CC1. The summed E-state index contributed by atoms with van der Waals surface area (Å²) in [6, 6.07) is 19.8. The first-order valence-corrected chi connectivity index (χ1v) is 14.1. The molecular formula is C28H31N5O3S. The molecule has 1 N–H and O–H groups in total. The molecule has 1 aliphatic rings. The van der Waals surface area contributed by atoms with Gasteiger partial charge in [0.15, 0.2) is 0 Å². The molecule has 4 aromatic rings. The van der Waals surface area contributed by atoms with E-state index < -0.39 is 10.8 Å². The maximum Gasteiger partial charge on any atom is 0.214 e. The fourth-order valence-electron chi connectivity index (χ4n) is 4.14. The van der Waals surface area contributed by atoms with Crippen molar-refractivity contribution >= 4 is 33.2 Å². The number of unbranched alkanes of at least 4 members (excludes halogenated alkanes) is 1. The summed E-state index contributed by atoms with van der Waals surface area (Å²) in [5.41, 5.74) is 2.77. The van der Waals surface area contributed by atoms with Gasteiger partial charge in [-0.05, 0) is 49.2 Å². The molecule has 0 atom stereocenters. The first-order chi connectivity index (χ1) is 18.2. The molecule has 0 aliphatic carbocycles. The average molecular weight is 518 g/mol. The fraction of sp³-hybridized carbons (Fsp3) is 0.321. The molecular weight excluding hydrogens is 486 g/mol. The highest BCUT2D eigenvalue weighted by Crippen LogP contribution is 2.26. The smallest absolute Gasteiger partial charge is 0.214 e. The summed E-state index contributed by atoms with van der Waals surface area (Å²) in [4.78, 5) is 15.6. The summed E-state index contributed by atoms with van der Waals surface area (Å²) in [5, 5.41) is 4.22. The number of anilines is 2. The van der Waals surface area contributed by atoms with Crippen molar-refractivity contribution in [3.8, 4) is 11.6 Å². The number of pyridine rings is 1. The van der Waals surface area contributed by atoms with E-state index in [1.165, 1.54) is 6.33 Å². The van der Waals surface area contributed by atoms with E-state index >= 15 is 0 Å². The minimum Gasteiger partial charge on any atom is -0.489 e. The molecule has 1 saturated heterocycles. The summed E-state index contributed by atoms with van der Waals surface area (Å²) >= 11 is 0. The molecule has 0 unspecified atom stereocenters. The number of nitrogens with zero attached hydrogens (tertiary/aromatic N) is 4. The lowest BCUT2D eigenvalue weighted by Gasteiger charge is -2.25. The number of rotatable bonds is 11. The van der Waals surface area contributed by atoms with Crippen LogP contribution < -0.4 is 14.8 Å². The van der Waals surface area contributed by atoms with E-state index in [-0.39, 0.29) is 0 Å². The second-order valence-corrected chi connectivity index (χ2v) is 10.6. The van der Waals surface area contributed by atoms with Gasteiger partial charge in [-0.3, -0.25) is 4.21 Å². The van der Waals surface area contributed by atoms with Crippen molar-refractivity contribution in [3.05, 3.63) is 78.8 Å². The summed E-state index contributed by atoms with van der Waals surface area (Å²) in [6.07, 6.45) is 5.22. The van der Waals surface area contributed by atoms with E-state index in [4.69, 9.17) is 9.47 Å². The Kier molecular flexibility index (Phi) is 8.55. The van der Waals surface area contributed by atoms with Crippen molar-refractivity contribution in [1.29, 1.82) is 0 Å². The molecule has 8 nitrogen and oxygen atoms in total. The number of nitrogens with one attached hydrogen (secondary N) is 1. The van der Waals surface area contributed by atoms with Crippen LogP contribution in [0.3, 0.4) is 0 Å². The lowest BCUT2D eigenvalue weighted by Crippen LogP contribution is -2.38. The van der Waals surface area contributed by atoms with Gasteiger partial charge in [-0.15, -0.1) is 0 Å². The lowest BCUT2D eigenvalue weighted by molar-refractivity contribution is 0.260. The molecule has 2 aromatic heterocycles. The number of ether oxygens (including phenoxy) is 2. The number of hydrogen-bond acceptors (Lipinski definition) is 8. The third-order valence-electron chi connectivity index (χ3n) is 6.25. The van der Waals surface area contributed by atoms with Crippen molar-refractivity contribution in [2.45, 2.75) is 19.4 Å². The van der Waals surface area contributed by atoms with Crippen LogP contribution in [0.5, 0.6) is 11.6 Å². The largest absolute Gasteiger partial charge is 0.489 e. The first-order valence-electron chi connectivity index (χ1n) is 12.6. The van der Waals surface area contributed by atoms with E-state index in [2.05, 4.69) is 25.2 Å². The minimum atomic E-state index is -0.626. The molecule has 9 heteroatoms. The normalized spacial score (nSPS) is 14.5. The Morgan fingerprint density at radius 1 is 0.919 bits per heavy atom. The molecule has 0 amide bonds. The zero-order chi connectivity index (χ0) is 25.3. The zero-order valence-corrected chi connectivity index (χ0v) is 21.5. The van der Waals surface area contributed by atoms with Crippen LogP contribution in [0.4, 0.5) is 11.5 Å². The van der Waals surface area contributed by atoms with Gasteiger partial charge in [0.05, 0.1) is 18.3 Å². The van der Waals surface area contributed by atoms with Gasteiger partial charge in [-0.1, -0.05) is 30.3 Å². The highest BCUT2D eigenvalue weighted by Gasteiger charge is 2.14. The third kappa shape index (κ3) is 7.24. The van der Waals surface area contributed by atoms with Crippen LogP contribution in [0.2, 0.25) is 0 Å². The van der Waals surface area contributed by atoms with Gasteiger partial charge >= 0.3 is 0 Å². The maximum absolute atomic E-state index is 11.5. The van der Waals surface area contributed by atoms with E-state index in [1.54, 1.807) is 6.20 Å². The molecule has 1 aliphatic heterocycles. The lowest BCUT2D eigenvalue weighted by atomic mass is 10.2. The van der Waals surface area contributed by atoms with Crippen LogP contribution in [0.15, 0.2) is 73.2 Å². The number of benzene rings is 2. The van der Waals surface area contributed by atoms with E-state index in [1.807, 2.05) is 60.7 Å². The van der Waals surface area contributed by atoms with Crippen LogP contribution in [0.25, 0.3) is 10.9 Å². The molecule has 0 radical (unpaired) electrons. The molecule has 5 rings (SSSR count). The second-order valence-electron chi connectivity index (χ2n) is 8.93. The van der Waals surface area contributed by atoms with Crippen molar-refractivity contribution in [3.63, 3.8) is 0 Å². The van der Waals surface area contributed by atoms with Crippen molar-refractivity contribution in [2.24, 2.45) is 0 Å². The molecule has 0 saturated carbocycles. The number of hydrogen-bond donors (Lipinski definition) is 1. The Balaban J connectivity index is 1.14. The quantitative estimate of drug-likeness (QED) is 0.290. The summed E-state index contributed by atoms with van der Waals surface area (Å²) in [5.74, 6) is 3.64. The fourth-order valence-corrected chi connectivity index (χ4v) is 5.27. The predicted molar refractivity (Wildman–Crippen MR) is 147 cm³/mol. The van der Waals surface area contributed by atoms with Crippen LogP contribution in [0, 0.1) is 0 Å². The van der Waals surface area contributed by atoms with Crippen molar-refractivity contribution in [2.75, 3.05) is 43.1 Å². The molecule has 2 aromatic carbocycles. The molecule has 0 bridgehead atoms. The monoisotopic (exact) mass is 517 g/mol. The Morgan fingerprint density at radius 2 is 1.73 bits per heavy atom. The standard InChI is InChI=1S/C28H31N5O3S/c34-37-16-13-33(14-17-37)12-4-5-15-35-27-18-25-26(19-29-27)30-21-31-28(25)32-23-8-10-24(11-9-23)36-20-22-6-2-1-3-7-22/h1-3,6-11,18-19,21H,4-5,12-17,20H2,(H,30,31,32). The van der Waals surface area contributed by atoms with Gasteiger partial charge in [-0.2, -0.15) is 0 Å². The summed E-state index contributed by atoms with van der Waals surface area (Å²) in [6.45, 7) is 4.00. The summed E-state index contributed by atoms with van der Waals surface area (Å²) < 4.78 is 23.3. The van der Waals surface area contributed by atoms with E-state index in [9.17, 15) is 4.21 Å². The highest BCUT2D eigenvalue weighted by molar-refractivity contribution is 7.85. The first kappa shape index (κ1) is 25.1. The third-order valence-corrected chi connectivity index (χ3v) is 7.53. The Labute approximate surface area is 219 Å². The Morgan fingerprint density at radius 3 is 2.54 bits per heavy atom. The molecule has 37 heavy (non-hydrogen) atoms. The van der Waals surface area contributed by atoms with Crippen LogP contribution in [0.1, 0.15) is 18.4 Å². The average Bonchev–Trinajstić information content (AvgIpc) is 2.94. The number of fused-ring (bicyclic) bond motifs is 1. The topological polar surface area (TPSA) is 89.5 Å². The van der Waals surface area contributed by atoms with Crippen molar-refractivity contribution < 1.29 is 13.7 Å². The van der Waals surface area contributed by atoms with Gasteiger partial charge in [0.25, 0.3) is 0 Å². The number of aromatic nitrogens is 3. The van der Waals surface area contributed by atoms with Gasteiger partial charge < -0.3 is 19.7 Å². The molecule has 3 heterocycles. The van der Waals surface area contributed by atoms with Crippen molar-refractivity contribution in [1.82, 2.24) is 19.9 Å². The van der Waals surface area contributed by atoms with E-state index in [0.717, 1.165) is 71.9 Å². The van der Waals surface area contributed by atoms with Gasteiger partial charge in [0.2, 0.25) is 5.88 Å². The molecule has 192 valence electrons. The van der Waals surface area contributed by atoms with Gasteiger partial charge in [0, 0.05) is 52.5 Å².